The van der Waals surface area contributed by atoms with E-state index in [-0.39, 0.29) is 30.0 Å². The minimum absolute atomic E-state index is 0.0110. The van der Waals surface area contributed by atoms with Gasteiger partial charge in [-0.2, -0.15) is 0 Å². The van der Waals surface area contributed by atoms with E-state index in [4.69, 9.17) is 11.6 Å². The molecule has 1 unspecified atom stereocenters. The third kappa shape index (κ3) is 5.19. The van der Waals surface area contributed by atoms with Gasteiger partial charge in [-0.1, -0.05) is 41.9 Å². The van der Waals surface area contributed by atoms with Gasteiger partial charge in [-0.05, 0) is 60.4 Å². The van der Waals surface area contributed by atoms with Crippen molar-refractivity contribution in [2.45, 2.75) is 18.8 Å². The number of rotatable bonds is 4. The quantitative estimate of drug-likeness (QED) is 0.464. The molecule has 2 aliphatic heterocycles. The Morgan fingerprint density at radius 3 is 2.31 bits per heavy atom. The van der Waals surface area contributed by atoms with Crippen LogP contribution in [0.3, 0.4) is 0 Å². The molecule has 1 atom stereocenters. The summed E-state index contributed by atoms with van der Waals surface area (Å²) in [5.74, 6) is -0.686. The SMILES string of the molecule is O=C(CN1CCN(c2ccccc2Cl)CC1)N1CCCC(c2ccc(F)cc2)c2ccc(F)cc21. The molecule has 1 amide bonds. The molecule has 35 heavy (non-hydrogen) atoms. The summed E-state index contributed by atoms with van der Waals surface area (Å²) in [5, 5.41) is 0.732. The summed E-state index contributed by atoms with van der Waals surface area (Å²) in [6.07, 6.45) is 1.59. The molecule has 5 rings (SSSR count). The maximum atomic E-state index is 14.3. The summed E-state index contributed by atoms with van der Waals surface area (Å²) in [7, 11) is 0. The molecule has 0 radical (unpaired) electrons. The molecular formula is C28H28ClF2N3O. The molecule has 0 spiro atoms. The zero-order valence-corrected chi connectivity index (χ0v) is 20.2. The Bertz CT molecular complexity index is 1200. The summed E-state index contributed by atoms with van der Waals surface area (Å²) < 4.78 is 27.8. The lowest BCUT2D eigenvalue weighted by Crippen LogP contribution is -2.50. The number of amides is 1. The molecule has 3 aromatic carbocycles. The van der Waals surface area contributed by atoms with Gasteiger partial charge >= 0.3 is 0 Å². The van der Waals surface area contributed by atoms with E-state index in [1.54, 1.807) is 23.1 Å². The number of carbonyl (C=O) groups excluding carboxylic acids is 1. The van der Waals surface area contributed by atoms with Crippen molar-refractivity contribution in [2.75, 3.05) is 49.1 Å². The average molecular weight is 496 g/mol. The zero-order chi connectivity index (χ0) is 24.4. The Kier molecular flexibility index (Phi) is 7.02. The Balaban J connectivity index is 1.31. The molecule has 1 fully saturated rings. The van der Waals surface area contributed by atoms with Crippen molar-refractivity contribution in [3.63, 3.8) is 0 Å². The lowest BCUT2D eigenvalue weighted by molar-refractivity contribution is -0.119. The largest absolute Gasteiger partial charge is 0.368 e. The van der Waals surface area contributed by atoms with Crippen molar-refractivity contribution in [2.24, 2.45) is 0 Å². The molecular weight excluding hydrogens is 468 g/mol. The van der Waals surface area contributed by atoms with Crippen LogP contribution in [-0.2, 0) is 4.79 Å². The maximum Gasteiger partial charge on any atom is 0.241 e. The van der Waals surface area contributed by atoms with Crippen molar-refractivity contribution in [3.05, 3.63) is 94.5 Å². The molecule has 3 aromatic rings. The number of hydrogen-bond acceptors (Lipinski definition) is 3. The summed E-state index contributed by atoms with van der Waals surface area (Å²) in [6.45, 7) is 3.89. The Labute approximate surface area is 209 Å². The molecule has 1 saturated heterocycles. The summed E-state index contributed by atoms with van der Waals surface area (Å²) in [6, 6.07) is 18.9. The van der Waals surface area contributed by atoms with Crippen LogP contribution in [0.5, 0.6) is 0 Å². The van der Waals surface area contributed by atoms with E-state index in [0.717, 1.165) is 60.9 Å². The van der Waals surface area contributed by atoms with Crippen LogP contribution in [-0.4, -0.2) is 50.1 Å². The topological polar surface area (TPSA) is 26.8 Å². The van der Waals surface area contributed by atoms with E-state index in [1.807, 2.05) is 24.3 Å². The first kappa shape index (κ1) is 23.8. The lowest BCUT2D eigenvalue weighted by atomic mass is 9.87. The van der Waals surface area contributed by atoms with Crippen molar-refractivity contribution in [1.29, 1.82) is 0 Å². The Morgan fingerprint density at radius 2 is 1.57 bits per heavy atom. The van der Waals surface area contributed by atoms with Gasteiger partial charge in [0.15, 0.2) is 0 Å². The van der Waals surface area contributed by atoms with Crippen molar-refractivity contribution in [1.82, 2.24) is 4.90 Å². The molecule has 0 saturated carbocycles. The predicted molar refractivity (Wildman–Crippen MR) is 136 cm³/mol. The first-order valence-electron chi connectivity index (χ1n) is 12.1. The highest BCUT2D eigenvalue weighted by molar-refractivity contribution is 6.33. The zero-order valence-electron chi connectivity index (χ0n) is 19.5. The van der Waals surface area contributed by atoms with Gasteiger partial charge in [0.05, 0.1) is 22.9 Å². The van der Waals surface area contributed by atoms with Crippen LogP contribution in [0.1, 0.15) is 29.9 Å². The van der Waals surface area contributed by atoms with Crippen LogP contribution in [0.25, 0.3) is 0 Å². The van der Waals surface area contributed by atoms with Crippen LogP contribution >= 0.6 is 11.6 Å². The third-order valence-electron chi connectivity index (χ3n) is 7.03. The summed E-state index contributed by atoms with van der Waals surface area (Å²) in [5.41, 5.74) is 3.53. The summed E-state index contributed by atoms with van der Waals surface area (Å²) >= 11 is 6.35. The highest BCUT2D eigenvalue weighted by Gasteiger charge is 2.29. The molecule has 2 heterocycles. The molecule has 182 valence electrons. The normalized spacial score (nSPS) is 18.8. The monoisotopic (exact) mass is 495 g/mol. The Hall–Kier alpha value is -2.96. The maximum absolute atomic E-state index is 14.3. The number of hydrogen-bond donors (Lipinski definition) is 0. The third-order valence-corrected chi connectivity index (χ3v) is 7.35. The second kappa shape index (κ2) is 10.3. The van der Waals surface area contributed by atoms with E-state index in [0.29, 0.717) is 12.2 Å². The van der Waals surface area contributed by atoms with Crippen LogP contribution in [0.15, 0.2) is 66.7 Å². The number of fused-ring (bicyclic) bond motifs is 1. The van der Waals surface area contributed by atoms with Crippen LogP contribution < -0.4 is 9.80 Å². The van der Waals surface area contributed by atoms with E-state index >= 15 is 0 Å². The number of anilines is 2. The number of para-hydroxylation sites is 1. The Morgan fingerprint density at radius 1 is 0.857 bits per heavy atom. The number of carbonyl (C=O) groups is 1. The van der Waals surface area contributed by atoms with E-state index in [9.17, 15) is 13.6 Å². The molecule has 0 bridgehead atoms. The number of halogens is 3. The van der Waals surface area contributed by atoms with Crippen LogP contribution in [0.4, 0.5) is 20.2 Å². The first-order chi connectivity index (χ1) is 17.0. The molecule has 7 heteroatoms. The summed E-state index contributed by atoms with van der Waals surface area (Å²) in [4.78, 5) is 19.6. The van der Waals surface area contributed by atoms with Crippen molar-refractivity contribution < 1.29 is 13.6 Å². The fourth-order valence-corrected chi connectivity index (χ4v) is 5.46. The van der Waals surface area contributed by atoms with Gasteiger partial charge in [0.25, 0.3) is 0 Å². The fraction of sp³-hybridized carbons (Fsp3) is 0.321. The van der Waals surface area contributed by atoms with E-state index in [2.05, 4.69) is 9.80 Å². The molecule has 0 aliphatic carbocycles. The van der Waals surface area contributed by atoms with Crippen LogP contribution in [0, 0.1) is 11.6 Å². The molecule has 0 N–H and O–H groups in total. The molecule has 4 nitrogen and oxygen atoms in total. The standard InChI is InChI=1S/C28H28ClF2N3O/c29-25-5-1-2-6-26(25)33-16-14-32(15-17-33)19-28(35)34-13-3-4-23(20-7-9-21(30)10-8-20)24-12-11-22(31)18-27(24)34/h1-2,5-12,18,23H,3-4,13-17,19H2. The highest BCUT2D eigenvalue weighted by atomic mass is 35.5. The molecule has 0 aromatic heterocycles. The smallest absolute Gasteiger partial charge is 0.241 e. The predicted octanol–water partition coefficient (Wildman–Crippen LogP) is 5.70. The van der Waals surface area contributed by atoms with E-state index in [1.165, 1.54) is 24.3 Å². The molecule has 2 aliphatic rings. The lowest BCUT2D eigenvalue weighted by Gasteiger charge is -2.37. The minimum atomic E-state index is -0.366. The average Bonchev–Trinajstić information content (AvgIpc) is 3.05. The van der Waals surface area contributed by atoms with Gasteiger partial charge in [0.1, 0.15) is 11.6 Å². The van der Waals surface area contributed by atoms with Gasteiger partial charge < -0.3 is 9.80 Å². The number of piperazine rings is 1. The van der Waals surface area contributed by atoms with Gasteiger partial charge in [0, 0.05) is 38.6 Å². The first-order valence-corrected chi connectivity index (χ1v) is 12.4. The van der Waals surface area contributed by atoms with Gasteiger partial charge in [-0.3, -0.25) is 9.69 Å². The second-order valence-corrected chi connectivity index (χ2v) is 9.62. The number of nitrogens with zero attached hydrogens (tertiary/aromatic N) is 3. The van der Waals surface area contributed by atoms with Gasteiger partial charge in [0.2, 0.25) is 5.91 Å². The second-order valence-electron chi connectivity index (χ2n) is 9.21. The van der Waals surface area contributed by atoms with Crippen molar-refractivity contribution in [3.8, 4) is 0 Å². The van der Waals surface area contributed by atoms with Crippen molar-refractivity contribution >= 4 is 28.9 Å². The fourth-order valence-electron chi connectivity index (χ4n) is 5.21. The number of benzene rings is 3. The van der Waals surface area contributed by atoms with Gasteiger partial charge in [-0.15, -0.1) is 0 Å². The minimum Gasteiger partial charge on any atom is -0.368 e. The van der Waals surface area contributed by atoms with Crippen LogP contribution in [0.2, 0.25) is 5.02 Å². The van der Waals surface area contributed by atoms with Gasteiger partial charge in [-0.25, -0.2) is 8.78 Å². The van der Waals surface area contributed by atoms with E-state index < -0.39 is 0 Å². The highest BCUT2D eigenvalue weighted by Crippen LogP contribution is 2.39.